The van der Waals surface area contributed by atoms with E-state index in [2.05, 4.69) is 73.6 Å². The Balaban J connectivity index is 0.00000320. The van der Waals surface area contributed by atoms with Gasteiger partial charge in [-0.2, -0.15) is 0 Å². The average Bonchev–Trinajstić information content (AvgIpc) is 2.73. The molecule has 8 heteroatoms. The van der Waals surface area contributed by atoms with Crippen LogP contribution >= 0.6 is 7.14 Å². The molecule has 3 aromatic heterocycles. The van der Waals surface area contributed by atoms with Gasteiger partial charge in [0.1, 0.15) is 21.1 Å². The van der Waals surface area contributed by atoms with Crippen LogP contribution in [0.2, 0.25) is 0 Å². The Hall–Kier alpha value is -0.130. The molecule has 32 heavy (non-hydrogen) atoms. The lowest BCUT2D eigenvalue weighted by molar-refractivity contribution is -0.671. The second-order valence-corrected chi connectivity index (χ2v) is 11.6. The maximum atomic E-state index is 13.9. The first kappa shape index (κ1) is 31.9. The van der Waals surface area contributed by atoms with E-state index in [9.17, 15) is 4.57 Å². The van der Waals surface area contributed by atoms with Crippen molar-refractivity contribution in [1.82, 2.24) is 0 Å². The van der Waals surface area contributed by atoms with E-state index in [1.807, 2.05) is 34.8 Å². The van der Waals surface area contributed by atoms with Gasteiger partial charge in [-0.1, -0.05) is 0 Å². The highest BCUT2D eigenvalue weighted by molar-refractivity contribution is 7.63. The predicted octanol–water partition coefficient (Wildman–Crippen LogP) is -6.44. The summed E-state index contributed by atoms with van der Waals surface area (Å²) in [6.45, 7) is 0. The van der Waals surface area contributed by atoms with Crippen molar-refractivity contribution in [3.05, 3.63) is 90.3 Å². The molecule has 0 aliphatic carbocycles. The fourth-order valence-corrected chi connectivity index (χ4v) is 6.10. The summed E-state index contributed by atoms with van der Waals surface area (Å²) >= 11 is 0. The van der Waals surface area contributed by atoms with E-state index < -0.39 is 7.14 Å². The van der Waals surface area contributed by atoms with Crippen LogP contribution in [-0.4, -0.2) is 18.5 Å². The normalized spacial score (nSPS) is 10.5. The zero-order valence-corrected chi connectivity index (χ0v) is 26.4. The molecule has 0 aliphatic rings. The Labute approximate surface area is 244 Å². The third kappa shape index (κ3) is 10.9. The van der Waals surface area contributed by atoms with Crippen LogP contribution in [0.4, 0.5) is 0 Å². The van der Waals surface area contributed by atoms with Crippen LogP contribution in [0, 0.1) is 0 Å². The number of aryl methyl sites for hydroxylation is 6. The zero-order valence-electron chi connectivity index (χ0n) is 19.0. The molecule has 0 N–H and O–H groups in total. The second kappa shape index (κ2) is 15.7. The van der Waals surface area contributed by atoms with Gasteiger partial charge in [0.15, 0.2) is 37.2 Å². The molecule has 0 unspecified atom stereocenters. The van der Waals surface area contributed by atoms with E-state index in [-0.39, 0.29) is 71.9 Å². The standard InChI is InChI=1S/C24H33N3OP.3HI/c1-25-13-4-22(5-14-25)10-19-29(28,20-11-23-6-15-26(2)16-7-23)21-12-24-8-17-27(3)18-9-24;;;/h4-9,13-18H,10-12,19-21H2,1-3H3;3*1H/q+3;;;/p-3. The summed E-state index contributed by atoms with van der Waals surface area (Å²) in [6.07, 6.45) is 17.4. The number of nitrogens with zero attached hydrogens (tertiary/aromatic N) is 3. The number of hydrogen-bond acceptors (Lipinski definition) is 1. The van der Waals surface area contributed by atoms with Crippen LogP contribution in [0.1, 0.15) is 16.7 Å². The monoisotopic (exact) mass is 791 g/mol. The minimum Gasteiger partial charge on any atom is -1.00 e. The Kier molecular flexibility index (Phi) is 15.6. The fourth-order valence-electron chi connectivity index (χ4n) is 3.43. The summed E-state index contributed by atoms with van der Waals surface area (Å²) < 4.78 is 20.0. The summed E-state index contributed by atoms with van der Waals surface area (Å²) in [5.74, 6) is 0. The fraction of sp³-hybridized carbons (Fsp3) is 0.375. The minimum absolute atomic E-state index is 0. The van der Waals surface area contributed by atoms with Crippen molar-refractivity contribution < 1.29 is 90.2 Å². The van der Waals surface area contributed by atoms with Crippen molar-refractivity contribution in [2.24, 2.45) is 21.1 Å². The lowest BCUT2D eigenvalue weighted by atomic mass is 10.2. The van der Waals surface area contributed by atoms with Crippen LogP contribution in [0.5, 0.6) is 0 Å². The van der Waals surface area contributed by atoms with Gasteiger partial charge in [0.2, 0.25) is 0 Å². The molecule has 3 aromatic rings. The molecule has 3 rings (SSSR count). The van der Waals surface area contributed by atoms with Crippen molar-refractivity contribution in [1.29, 1.82) is 0 Å². The van der Waals surface area contributed by atoms with Crippen LogP contribution < -0.4 is 85.6 Å². The molecule has 176 valence electrons. The Morgan fingerprint density at radius 1 is 0.531 bits per heavy atom. The quantitative estimate of drug-likeness (QED) is 0.121. The lowest BCUT2D eigenvalue weighted by Crippen LogP contribution is -3.00. The van der Waals surface area contributed by atoms with E-state index in [0.29, 0.717) is 0 Å². The Bertz CT molecular complexity index is 838. The number of pyridine rings is 3. The second-order valence-electron chi connectivity index (χ2n) is 8.09. The van der Waals surface area contributed by atoms with Crippen LogP contribution in [-0.2, 0) is 45.0 Å². The van der Waals surface area contributed by atoms with Gasteiger partial charge in [-0.25, -0.2) is 13.7 Å². The first-order valence-electron chi connectivity index (χ1n) is 10.3. The maximum absolute atomic E-state index is 13.9. The summed E-state index contributed by atoms with van der Waals surface area (Å²) in [5, 5.41) is 0. The van der Waals surface area contributed by atoms with Crippen LogP contribution in [0.25, 0.3) is 0 Å². The van der Waals surface area contributed by atoms with Gasteiger partial charge in [0.25, 0.3) is 0 Å². The maximum Gasteiger partial charge on any atom is 0.168 e. The van der Waals surface area contributed by atoms with Crippen molar-refractivity contribution in [3.63, 3.8) is 0 Å². The van der Waals surface area contributed by atoms with Gasteiger partial charge in [-0.3, -0.25) is 0 Å². The Morgan fingerprint density at radius 2 is 0.750 bits per heavy atom. The molecule has 4 nitrogen and oxygen atoms in total. The highest BCUT2D eigenvalue weighted by atomic mass is 127. The van der Waals surface area contributed by atoms with Crippen molar-refractivity contribution in [2.75, 3.05) is 18.5 Å². The first-order chi connectivity index (χ1) is 13.9. The molecule has 0 saturated carbocycles. The van der Waals surface area contributed by atoms with Crippen molar-refractivity contribution in [2.45, 2.75) is 19.3 Å². The van der Waals surface area contributed by atoms with Gasteiger partial charge >= 0.3 is 0 Å². The summed E-state index contributed by atoms with van der Waals surface area (Å²) in [7, 11) is 3.79. The topological polar surface area (TPSA) is 28.7 Å². The molecule has 0 aliphatic heterocycles. The van der Waals surface area contributed by atoms with Gasteiger partial charge in [-0.15, -0.1) is 0 Å². The van der Waals surface area contributed by atoms with Gasteiger partial charge < -0.3 is 76.5 Å². The number of aromatic nitrogens is 3. The van der Waals surface area contributed by atoms with Crippen LogP contribution in [0.3, 0.4) is 0 Å². The number of rotatable bonds is 9. The van der Waals surface area contributed by atoms with E-state index in [1.165, 1.54) is 16.7 Å². The van der Waals surface area contributed by atoms with E-state index in [1.54, 1.807) is 0 Å². The SMILES string of the molecule is C[n+]1ccc(CCP(=O)(CCc2cc[n+](C)cc2)CCc2cc[n+](C)cc2)cc1.[I-].[I-].[I-]. The predicted molar refractivity (Wildman–Crippen MR) is 116 cm³/mol. The summed E-state index contributed by atoms with van der Waals surface area (Å²) in [5.41, 5.74) is 3.80. The number of halogens is 3. The first-order valence-corrected chi connectivity index (χ1v) is 12.6. The molecule has 0 spiro atoms. The van der Waals surface area contributed by atoms with Crippen LogP contribution in [0.15, 0.2) is 73.6 Å². The molecule has 0 aromatic carbocycles. The molecule has 0 amide bonds. The molecule has 3 heterocycles. The van der Waals surface area contributed by atoms with Crippen molar-refractivity contribution in [3.8, 4) is 0 Å². The van der Waals surface area contributed by atoms with Gasteiger partial charge in [-0.05, 0) is 36.0 Å². The van der Waals surface area contributed by atoms with E-state index in [4.69, 9.17) is 0 Å². The van der Waals surface area contributed by atoms with E-state index >= 15 is 0 Å². The molecular formula is C24H33I3N3OP. The molecule has 0 radical (unpaired) electrons. The smallest absolute Gasteiger partial charge is 0.168 e. The van der Waals surface area contributed by atoms with E-state index in [0.717, 1.165) is 37.7 Å². The largest absolute Gasteiger partial charge is 1.00 e. The third-order valence-corrected chi connectivity index (χ3v) is 8.68. The summed E-state index contributed by atoms with van der Waals surface area (Å²) in [4.78, 5) is 0. The zero-order chi connectivity index (χ0) is 20.7. The van der Waals surface area contributed by atoms with Crippen molar-refractivity contribution >= 4 is 7.14 Å². The minimum atomic E-state index is -2.27. The molecule has 0 bridgehead atoms. The number of hydrogen-bond donors (Lipinski definition) is 0. The molecule has 0 atom stereocenters. The lowest BCUT2D eigenvalue weighted by Gasteiger charge is -2.18. The average molecular weight is 791 g/mol. The Morgan fingerprint density at radius 3 is 0.969 bits per heavy atom. The summed E-state index contributed by atoms with van der Waals surface area (Å²) in [6, 6.07) is 12.8. The molecular weight excluding hydrogens is 758 g/mol. The van der Waals surface area contributed by atoms with Gasteiger partial charge in [0.05, 0.1) is 7.14 Å². The highest BCUT2D eigenvalue weighted by Crippen LogP contribution is 2.47. The highest BCUT2D eigenvalue weighted by Gasteiger charge is 2.22. The molecule has 0 saturated heterocycles. The molecule has 0 fully saturated rings. The van der Waals surface area contributed by atoms with Gasteiger partial charge in [0, 0.05) is 54.9 Å². The third-order valence-electron chi connectivity index (χ3n) is 5.57.